The second-order valence-electron chi connectivity index (χ2n) is 3.84. The number of hydrazine groups is 1. The van der Waals surface area contributed by atoms with Crippen molar-refractivity contribution in [2.75, 3.05) is 0 Å². The second kappa shape index (κ2) is 5.49. The summed E-state index contributed by atoms with van der Waals surface area (Å²) >= 11 is 3.30. The van der Waals surface area contributed by atoms with Crippen molar-refractivity contribution >= 4 is 15.9 Å². The number of rotatable bonds is 4. The van der Waals surface area contributed by atoms with E-state index in [1.807, 2.05) is 24.3 Å². The van der Waals surface area contributed by atoms with Crippen LogP contribution in [0.4, 0.5) is 0 Å². The average Bonchev–Trinajstić information content (AvgIpc) is 2.77. The lowest BCUT2D eigenvalue weighted by atomic mass is 10.0. The molecule has 17 heavy (non-hydrogen) atoms. The van der Waals surface area contributed by atoms with Gasteiger partial charge in [-0.2, -0.15) is 0 Å². The molecule has 0 aliphatic heterocycles. The van der Waals surface area contributed by atoms with Crippen LogP contribution in [-0.4, -0.2) is 0 Å². The number of halogens is 1. The van der Waals surface area contributed by atoms with Gasteiger partial charge >= 0.3 is 0 Å². The Morgan fingerprint density at radius 3 is 2.76 bits per heavy atom. The third-order valence-electron chi connectivity index (χ3n) is 2.74. The van der Waals surface area contributed by atoms with Crippen LogP contribution < -0.4 is 11.3 Å². The van der Waals surface area contributed by atoms with E-state index in [0.29, 0.717) is 4.67 Å². The fourth-order valence-electron chi connectivity index (χ4n) is 1.82. The molecule has 3 N–H and O–H groups in total. The van der Waals surface area contributed by atoms with Crippen molar-refractivity contribution in [1.29, 1.82) is 0 Å². The first-order valence-electron chi connectivity index (χ1n) is 5.54. The minimum atomic E-state index is -0.118. The highest BCUT2D eigenvalue weighted by molar-refractivity contribution is 9.10. The highest BCUT2D eigenvalue weighted by atomic mass is 79.9. The van der Waals surface area contributed by atoms with E-state index >= 15 is 0 Å². The molecule has 0 spiro atoms. The summed E-state index contributed by atoms with van der Waals surface area (Å²) in [5, 5.41) is 0. The zero-order chi connectivity index (χ0) is 12.3. The number of hydrogen-bond donors (Lipinski definition) is 2. The van der Waals surface area contributed by atoms with Gasteiger partial charge in [0.1, 0.15) is 11.8 Å². The first kappa shape index (κ1) is 12.4. The van der Waals surface area contributed by atoms with Gasteiger partial charge in [-0.25, -0.2) is 5.43 Å². The molecule has 0 saturated carbocycles. The Labute approximate surface area is 109 Å². The van der Waals surface area contributed by atoms with Crippen LogP contribution >= 0.6 is 15.9 Å². The van der Waals surface area contributed by atoms with Crippen LogP contribution in [0.5, 0.6) is 0 Å². The molecule has 0 amide bonds. The molecule has 1 aromatic heterocycles. The maximum absolute atomic E-state index is 5.61. The fourth-order valence-corrected chi connectivity index (χ4v) is 2.14. The molecule has 1 aromatic carbocycles. The van der Waals surface area contributed by atoms with Gasteiger partial charge in [-0.1, -0.05) is 31.2 Å². The summed E-state index contributed by atoms with van der Waals surface area (Å²) < 4.78 is 6.25. The molecule has 0 radical (unpaired) electrons. The zero-order valence-electron chi connectivity index (χ0n) is 9.61. The van der Waals surface area contributed by atoms with Crippen molar-refractivity contribution < 1.29 is 4.42 Å². The van der Waals surface area contributed by atoms with Crippen LogP contribution in [0.1, 0.15) is 29.9 Å². The Kier molecular flexibility index (Phi) is 3.99. The molecule has 0 fully saturated rings. The lowest BCUT2D eigenvalue weighted by molar-refractivity contribution is 0.437. The first-order valence-corrected chi connectivity index (χ1v) is 6.34. The van der Waals surface area contributed by atoms with Gasteiger partial charge in [-0.3, -0.25) is 5.84 Å². The minimum absolute atomic E-state index is 0.118. The van der Waals surface area contributed by atoms with E-state index in [0.717, 1.165) is 17.7 Å². The van der Waals surface area contributed by atoms with E-state index in [9.17, 15) is 0 Å². The number of hydrogen-bond acceptors (Lipinski definition) is 3. The Morgan fingerprint density at radius 2 is 2.18 bits per heavy atom. The predicted octanol–water partition coefficient (Wildman–Crippen LogP) is 3.16. The highest BCUT2D eigenvalue weighted by Gasteiger charge is 2.16. The van der Waals surface area contributed by atoms with Crippen LogP contribution in [0, 0.1) is 0 Å². The van der Waals surface area contributed by atoms with Gasteiger partial charge in [-0.05, 0) is 45.6 Å². The number of nitrogens with two attached hydrogens (primary N) is 1. The van der Waals surface area contributed by atoms with Gasteiger partial charge < -0.3 is 4.42 Å². The predicted molar refractivity (Wildman–Crippen MR) is 71.4 cm³/mol. The summed E-state index contributed by atoms with van der Waals surface area (Å²) in [7, 11) is 0. The Morgan fingerprint density at radius 1 is 1.35 bits per heavy atom. The van der Waals surface area contributed by atoms with E-state index < -0.39 is 0 Å². The molecule has 0 aliphatic carbocycles. The standard InChI is InChI=1S/C13H15BrN2O/c1-2-9-4-3-5-10(8-9)13(16-15)11-6-7-12(14)17-11/h3-8,13,16H,2,15H2,1H3. The molecular formula is C13H15BrN2O. The van der Waals surface area contributed by atoms with Crippen molar-refractivity contribution in [2.45, 2.75) is 19.4 Å². The lowest BCUT2D eigenvalue weighted by Gasteiger charge is -2.14. The maximum atomic E-state index is 5.61. The molecule has 0 bridgehead atoms. The van der Waals surface area contributed by atoms with Gasteiger partial charge in [0.15, 0.2) is 4.67 Å². The monoisotopic (exact) mass is 294 g/mol. The second-order valence-corrected chi connectivity index (χ2v) is 4.62. The minimum Gasteiger partial charge on any atom is -0.452 e. The molecule has 0 aliphatic rings. The average molecular weight is 295 g/mol. The van der Waals surface area contributed by atoms with E-state index in [2.05, 4.69) is 40.4 Å². The SMILES string of the molecule is CCc1cccc(C(NN)c2ccc(Br)o2)c1. The highest BCUT2D eigenvalue weighted by Crippen LogP contribution is 2.26. The fraction of sp³-hybridized carbons (Fsp3) is 0.231. The maximum Gasteiger partial charge on any atom is 0.169 e. The zero-order valence-corrected chi connectivity index (χ0v) is 11.2. The van der Waals surface area contributed by atoms with Gasteiger partial charge in [-0.15, -0.1) is 0 Å². The first-order chi connectivity index (χ1) is 8.24. The Bertz CT molecular complexity index is 496. The molecular weight excluding hydrogens is 280 g/mol. The molecule has 4 heteroatoms. The van der Waals surface area contributed by atoms with Crippen LogP contribution in [0.25, 0.3) is 0 Å². The largest absolute Gasteiger partial charge is 0.452 e. The summed E-state index contributed by atoms with van der Waals surface area (Å²) in [5.41, 5.74) is 5.18. The Hall–Kier alpha value is -1.10. The van der Waals surface area contributed by atoms with Crippen LogP contribution in [-0.2, 0) is 6.42 Å². The normalized spacial score (nSPS) is 12.6. The molecule has 0 saturated heterocycles. The van der Waals surface area contributed by atoms with Crippen molar-refractivity contribution in [3.05, 3.63) is 58.0 Å². The summed E-state index contributed by atoms with van der Waals surface area (Å²) in [5.74, 6) is 6.41. The third-order valence-corrected chi connectivity index (χ3v) is 3.16. The van der Waals surface area contributed by atoms with Gasteiger partial charge in [0.25, 0.3) is 0 Å². The molecule has 2 aromatic rings. The topological polar surface area (TPSA) is 51.2 Å². The quantitative estimate of drug-likeness (QED) is 0.673. The van der Waals surface area contributed by atoms with E-state index in [-0.39, 0.29) is 6.04 Å². The van der Waals surface area contributed by atoms with E-state index in [1.165, 1.54) is 5.56 Å². The molecule has 3 nitrogen and oxygen atoms in total. The smallest absolute Gasteiger partial charge is 0.169 e. The third kappa shape index (κ3) is 2.77. The number of aryl methyl sites for hydroxylation is 1. The van der Waals surface area contributed by atoms with Crippen LogP contribution in [0.2, 0.25) is 0 Å². The van der Waals surface area contributed by atoms with Gasteiger partial charge in [0.2, 0.25) is 0 Å². The van der Waals surface area contributed by atoms with Crippen molar-refractivity contribution in [1.82, 2.24) is 5.43 Å². The van der Waals surface area contributed by atoms with Crippen LogP contribution in [0.3, 0.4) is 0 Å². The number of nitrogens with one attached hydrogen (secondary N) is 1. The van der Waals surface area contributed by atoms with Crippen molar-refractivity contribution in [3.63, 3.8) is 0 Å². The van der Waals surface area contributed by atoms with Crippen molar-refractivity contribution in [2.24, 2.45) is 5.84 Å². The number of furan rings is 1. The molecule has 2 rings (SSSR count). The van der Waals surface area contributed by atoms with Crippen molar-refractivity contribution in [3.8, 4) is 0 Å². The molecule has 1 atom stereocenters. The van der Waals surface area contributed by atoms with E-state index in [4.69, 9.17) is 10.3 Å². The van der Waals surface area contributed by atoms with Crippen LogP contribution in [0.15, 0.2) is 45.5 Å². The molecule has 1 heterocycles. The molecule has 90 valence electrons. The number of benzene rings is 1. The van der Waals surface area contributed by atoms with Gasteiger partial charge in [0.05, 0.1) is 0 Å². The molecule has 1 unspecified atom stereocenters. The van der Waals surface area contributed by atoms with Gasteiger partial charge in [0, 0.05) is 0 Å². The summed E-state index contributed by atoms with van der Waals surface area (Å²) in [6, 6.07) is 12.0. The Balaban J connectivity index is 2.34. The van der Waals surface area contributed by atoms with E-state index in [1.54, 1.807) is 0 Å². The summed E-state index contributed by atoms with van der Waals surface area (Å²) in [6.07, 6.45) is 1.01. The summed E-state index contributed by atoms with van der Waals surface area (Å²) in [6.45, 7) is 2.13. The summed E-state index contributed by atoms with van der Waals surface area (Å²) in [4.78, 5) is 0. The lowest BCUT2D eigenvalue weighted by Crippen LogP contribution is -2.28.